The van der Waals surface area contributed by atoms with Gasteiger partial charge in [-0.15, -0.1) is 0 Å². The zero-order valence-corrected chi connectivity index (χ0v) is 9.20. The molecule has 1 aromatic rings. The largest absolute Gasteiger partial charge is 0.508 e. The van der Waals surface area contributed by atoms with Gasteiger partial charge in [0.25, 0.3) is 0 Å². The van der Waals surface area contributed by atoms with Crippen molar-refractivity contribution in [2.24, 2.45) is 0 Å². The van der Waals surface area contributed by atoms with Crippen LogP contribution >= 0.6 is 0 Å². The Morgan fingerprint density at radius 2 is 2.00 bits per heavy atom. The molecule has 3 N–H and O–H groups in total. The van der Waals surface area contributed by atoms with E-state index in [1.54, 1.807) is 12.1 Å². The van der Waals surface area contributed by atoms with Gasteiger partial charge in [-0.2, -0.15) is 0 Å². The number of hydrogen-bond acceptors (Lipinski definition) is 4. The molecule has 0 radical (unpaired) electrons. The highest BCUT2D eigenvalue weighted by molar-refractivity contribution is 5.38. The maximum Gasteiger partial charge on any atom is 0.123 e. The second-order valence-corrected chi connectivity index (χ2v) is 3.79. The number of phenols is 2. The first-order chi connectivity index (χ1) is 7.09. The summed E-state index contributed by atoms with van der Waals surface area (Å²) in [5.74, 6) is 0.219. The number of phenolic OH excluding ortho intramolecular Hbond substituents is 2. The molecule has 0 aromatic heterocycles. The molecule has 0 atom stereocenters. The first kappa shape index (κ1) is 11.8. The van der Waals surface area contributed by atoms with Crippen LogP contribution in [0, 0.1) is 0 Å². The number of hydrogen-bond donors (Lipinski definition) is 3. The lowest BCUT2D eigenvalue weighted by molar-refractivity contribution is 0.397. The van der Waals surface area contributed by atoms with E-state index in [1.807, 2.05) is 14.1 Å². The molecule has 0 aliphatic heterocycles. The SMILES string of the molecule is CN(C)CCNCc1ccc(O)cc1O. The first-order valence-corrected chi connectivity index (χ1v) is 4.96. The molecule has 0 amide bonds. The molecule has 4 nitrogen and oxygen atoms in total. The van der Waals surface area contributed by atoms with Gasteiger partial charge in [-0.3, -0.25) is 0 Å². The van der Waals surface area contributed by atoms with Crippen molar-refractivity contribution in [1.82, 2.24) is 10.2 Å². The topological polar surface area (TPSA) is 55.7 Å². The van der Waals surface area contributed by atoms with Crippen LogP contribution < -0.4 is 5.32 Å². The van der Waals surface area contributed by atoms with E-state index in [0.29, 0.717) is 6.54 Å². The fourth-order valence-corrected chi connectivity index (χ4v) is 1.23. The van der Waals surface area contributed by atoms with E-state index in [-0.39, 0.29) is 11.5 Å². The van der Waals surface area contributed by atoms with Gasteiger partial charge in [0, 0.05) is 31.3 Å². The van der Waals surface area contributed by atoms with Crippen LogP contribution in [-0.4, -0.2) is 42.3 Å². The van der Waals surface area contributed by atoms with Crippen molar-refractivity contribution >= 4 is 0 Å². The maximum atomic E-state index is 9.49. The number of nitrogens with zero attached hydrogens (tertiary/aromatic N) is 1. The molecule has 0 saturated heterocycles. The quantitative estimate of drug-likeness (QED) is 0.628. The van der Waals surface area contributed by atoms with Crippen molar-refractivity contribution < 1.29 is 10.2 Å². The normalized spacial score (nSPS) is 10.9. The van der Waals surface area contributed by atoms with E-state index in [1.165, 1.54) is 6.07 Å². The minimum Gasteiger partial charge on any atom is -0.508 e. The Hall–Kier alpha value is -1.26. The number of benzene rings is 1. The fourth-order valence-electron chi connectivity index (χ4n) is 1.23. The molecule has 0 aliphatic carbocycles. The van der Waals surface area contributed by atoms with Crippen molar-refractivity contribution in [2.45, 2.75) is 6.54 Å². The molecule has 15 heavy (non-hydrogen) atoms. The average molecular weight is 210 g/mol. The third-order valence-electron chi connectivity index (χ3n) is 2.12. The van der Waals surface area contributed by atoms with Gasteiger partial charge in [0.2, 0.25) is 0 Å². The van der Waals surface area contributed by atoms with E-state index in [2.05, 4.69) is 10.2 Å². The highest BCUT2D eigenvalue weighted by Gasteiger charge is 2.01. The number of nitrogens with one attached hydrogen (secondary N) is 1. The van der Waals surface area contributed by atoms with Gasteiger partial charge in [0.15, 0.2) is 0 Å². The lowest BCUT2D eigenvalue weighted by Crippen LogP contribution is -2.26. The summed E-state index contributed by atoms with van der Waals surface area (Å²) in [5.41, 5.74) is 0.798. The standard InChI is InChI=1S/C11H18N2O2/c1-13(2)6-5-12-8-9-3-4-10(14)7-11(9)15/h3-4,7,12,14-15H,5-6,8H2,1-2H3. The Kier molecular flexibility index (Phi) is 4.39. The summed E-state index contributed by atoms with van der Waals surface area (Å²) in [4.78, 5) is 2.09. The van der Waals surface area contributed by atoms with Crippen molar-refractivity contribution in [2.75, 3.05) is 27.2 Å². The molecule has 0 bridgehead atoms. The van der Waals surface area contributed by atoms with E-state index in [9.17, 15) is 5.11 Å². The Morgan fingerprint density at radius 1 is 1.27 bits per heavy atom. The molecule has 0 fully saturated rings. The molecule has 4 heteroatoms. The third kappa shape index (κ3) is 4.18. The summed E-state index contributed by atoms with van der Waals surface area (Å²) < 4.78 is 0. The van der Waals surface area contributed by atoms with Gasteiger partial charge in [0.1, 0.15) is 11.5 Å². The molecule has 0 heterocycles. The van der Waals surface area contributed by atoms with Crippen LogP contribution in [0.15, 0.2) is 18.2 Å². The van der Waals surface area contributed by atoms with E-state index in [0.717, 1.165) is 18.7 Å². The molecule has 1 rings (SSSR count). The van der Waals surface area contributed by atoms with E-state index < -0.39 is 0 Å². The second-order valence-electron chi connectivity index (χ2n) is 3.79. The summed E-state index contributed by atoms with van der Waals surface area (Å²) in [6.07, 6.45) is 0. The Labute approximate surface area is 90.2 Å². The molecule has 0 unspecified atom stereocenters. The van der Waals surface area contributed by atoms with Gasteiger partial charge >= 0.3 is 0 Å². The molecular weight excluding hydrogens is 192 g/mol. The van der Waals surface area contributed by atoms with Gasteiger partial charge < -0.3 is 20.4 Å². The third-order valence-corrected chi connectivity index (χ3v) is 2.12. The first-order valence-electron chi connectivity index (χ1n) is 4.96. The molecular formula is C11H18N2O2. The van der Waals surface area contributed by atoms with Crippen LogP contribution in [0.3, 0.4) is 0 Å². The fraction of sp³-hybridized carbons (Fsp3) is 0.455. The highest BCUT2D eigenvalue weighted by Crippen LogP contribution is 2.21. The maximum absolute atomic E-state index is 9.49. The van der Waals surface area contributed by atoms with Gasteiger partial charge in [0.05, 0.1) is 0 Å². The summed E-state index contributed by atoms with van der Waals surface area (Å²) in [6, 6.07) is 4.64. The van der Waals surface area contributed by atoms with Crippen LogP contribution in [0.4, 0.5) is 0 Å². The predicted molar refractivity (Wildman–Crippen MR) is 60.0 cm³/mol. The monoisotopic (exact) mass is 210 g/mol. The minimum atomic E-state index is 0.0875. The minimum absolute atomic E-state index is 0.0875. The van der Waals surface area contributed by atoms with Gasteiger partial charge in [-0.25, -0.2) is 0 Å². The molecule has 0 saturated carbocycles. The van der Waals surface area contributed by atoms with Crippen molar-refractivity contribution in [3.05, 3.63) is 23.8 Å². The summed E-state index contributed by atoms with van der Waals surface area (Å²) in [6.45, 7) is 2.44. The van der Waals surface area contributed by atoms with Crippen molar-refractivity contribution in [3.63, 3.8) is 0 Å². The molecule has 1 aromatic carbocycles. The molecule has 0 spiro atoms. The average Bonchev–Trinajstić information content (AvgIpc) is 2.14. The van der Waals surface area contributed by atoms with Crippen LogP contribution in [0.25, 0.3) is 0 Å². The Bertz CT molecular complexity index is 313. The van der Waals surface area contributed by atoms with Crippen LogP contribution in [0.5, 0.6) is 11.5 Å². The van der Waals surface area contributed by atoms with E-state index >= 15 is 0 Å². The summed E-state index contributed by atoms with van der Waals surface area (Å²) >= 11 is 0. The number of rotatable bonds is 5. The number of likely N-dealkylation sites (N-methyl/N-ethyl adjacent to an activating group) is 1. The number of aromatic hydroxyl groups is 2. The zero-order chi connectivity index (χ0) is 11.3. The Balaban J connectivity index is 2.37. The predicted octanol–water partition coefficient (Wildman–Crippen LogP) is 0.749. The van der Waals surface area contributed by atoms with Gasteiger partial charge in [-0.05, 0) is 20.2 Å². The summed E-state index contributed by atoms with van der Waals surface area (Å²) in [5, 5.41) is 21.8. The Morgan fingerprint density at radius 3 is 2.60 bits per heavy atom. The van der Waals surface area contributed by atoms with Gasteiger partial charge in [-0.1, -0.05) is 6.07 Å². The lowest BCUT2D eigenvalue weighted by Gasteiger charge is -2.11. The van der Waals surface area contributed by atoms with Crippen molar-refractivity contribution in [3.8, 4) is 11.5 Å². The zero-order valence-electron chi connectivity index (χ0n) is 9.20. The van der Waals surface area contributed by atoms with Crippen LogP contribution in [0.1, 0.15) is 5.56 Å². The van der Waals surface area contributed by atoms with Crippen molar-refractivity contribution in [1.29, 1.82) is 0 Å². The van der Waals surface area contributed by atoms with Crippen LogP contribution in [0.2, 0.25) is 0 Å². The van der Waals surface area contributed by atoms with E-state index in [4.69, 9.17) is 5.11 Å². The molecule has 84 valence electrons. The van der Waals surface area contributed by atoms with Crippen LogP contribution in [-0.2, 0) is 6.54 Å². The highest BCUT2D eigenvalue weighted by atomic mass is 16.3. The second kappa shape index (κ2) is 5.58. The molecule has 0 aliphatic rings. The smallest absolute Gasteiger partial charge is 0.123 e. The lowest BCUT2D eigenvalue weighted by atomic mass is 10.2. The summed E-state index contributed by atoms with van der Waals surface area (Å²) in [7, 11) is 4.03.